The van der Waals surface area contributed by atoms with Crippen molar-refractivity contribution >= 4 is 5.78 Å². The summed E-state index contributed by atoms with van der Waals surface area (Å²) in [5.74, 6) is -0.559. The smallest absolute Gasteiger partial charge is 0.143 e. The first-order chi connectivity index (χ1) is 7.47. The highest BCUT2D eigenvalue weighted by atomic mass is 16.4. The topological polar surface area (TPSA) is 110 Å². The first-order valence-corrected chi connectivity index (χ1v) is 5.35. The van der Waals surface area contributed by atoms with Gasteiger partial charge in [0, 0.05) is 18.6 Å². The molecule has 0 bridgehead atoms. The van der Waals surface area contributed by atoms with Gasteiger partial charge in [-0.25, -0.2) is 0 Å². The van der Waals surface area contributed by atoms with Crippen molar-refractivity contribution in [3.8, 4) is 0 Å². The van der Waals surface area contributed by atoms with Gasteiger partial charge in [-0.05, 0) is 13.3 Å². The molecule has 0 unspecified atom stereocenters. The van der Waals surface area contributed by atoms with Crippen molar-refractivity contribution in [3.05, 3.63) is 0 Å². The quantitative estimate of drug-likeness (QED) is 0.371. The normalized spacial score (nSPS) is 39.7. The zero-order valence-electron chi connectivity index (χ0n) is 9.21. The van der Waals surface area contributed by atoms with Crippen LogP contribution in [0, 0.1) is 5.92 Å². The molecule has 0 heterocycles. The van der Waals surface area contributed by atoms with Gasteiger partial charge < -0.3 is 25.7 Å². The van der Waals surface area contributed by atoms with Crippen LogP contribution < -0.4 is 5.32 Å². The molecule has 5 N–H and O–H groups in total. The zero-order chi connectivity index (χ0) is 12.3. The molecule has 1 fully saturated rings. The summed E-state index contributed by atoms with van der Waals surface area (Å²) in [6, 6.07) is -0.487. The van der Waals surface area contributed by atoms with E-state index in [0.29, 0.717) is 6.42 Å². The first kappa shape index (κ1) is 13.5. The Bertz CT molecular complexity index is 245. The number of aliphatic hydroxyl groups is 4. The largest absolute Gasteiger partial charge is 0.396 e. The highest BCUT2D eigenvalue weighted by Gasteiger charge is 2.41. The number of aliphatic hydroxyl groups excluding tert-OH is 4. The number of carbonyl (C=O) groups excluding carboxylic acids is 1. The minimum atomic E-state index is -1.30. The van der Waals surface area contributed by atoms with Gasteiger partial charge >= 0.3 is 0 Å². The lowest BCUT2D eigenvalue weighted by molar-refractivity contribution is -0.132. The lowest BCUT2D eigenvalue weighted by Gasteiger charge is -2.40. The van der Waals surface area contributed by atoms with Gasteiger partial charge in [0.15, 0.2) is 0 Å². The summed E-state index contributed by atoms with van der Waals surface area (Å²) in [4.78, 5) is 10.8. The summed E-state index contributed by atoms with van der Waals surface area (Å²) in [5, 5.41) is 40.6. The molecular weight excluding hydrogens is 214 g/mol. The summed E-state index contributed by atoms with van der Waals surface area (Å²) in [6.45, 7) is 1.25. The van der Waals surface area contributed by atoms with E-state index in [4.69, 9.17) is 5.11 Å². The van der Waals surface area contributed by atoms with Crippen LogP contribution in [0.15, 0.2) is 0 Å². The Hall–Kier alpha value is -0.530. The van der Waals surface area contributed by atoms with Crippen molar-refractivity contribution < 1.29 is 25.2 Å². The van der Waals surface area contributed by atoms with Crippen molar-refractivity contribution in [1.82, 2.24) is 5.32 Å². The van der Waals surface area contributed by atoms with Crippen LogP contribution in [0.5, 0.6) is 0 Å². The molecular formula is C10H19NO5. The van der Waals surface area contributed by atoms with Crippen molar-refractivity contribution in [2.45, 2.75) is 37.7 Å². The molecule has 1 rings (SSSR count). The van der Waals surface area contributed by atoms with E-state index in [1.165, 1.54) is 6.92 Å². The fraction of sp³-hybridized carbons (Fsp3) is 0.900. The van der Waals surface area contributed by atoms with Gasteiger partial charge in [0.2, 0.25) is 0 Å². The number of ketones is 1. The highest BCUT2D eigenvalue weighted by molar-refractivity contribution is 5.77. The highest BCUT2D eigenvalue weighted by Crippen LogP contribution is 2.25. The molecule has 0 aromatic heterocycles. The number of hydrogen-bond acceptors (Lipinski definition) is 6. The van der Waals surface area contributed by atoms with Gasteiger partial charge in [0.05, 0.1) is 18.8 Å². The second-order valence-corrected chi connectivity index (χ2v) is 4.34. The van der Waals surface area contributed by atoms with Crippen LogP contribution in [0.4, 0.5) is 0 Å². The van der Waals surface area contributed by atoms with Gasteiger partial charge in [-0.3, -0.25) is 4.79 Å². The van der Waals surface area contributed by atoms with Crippen LogP contribution in [-0.2, 0) is 4.79 Å². The average molecular weight is 233 g/mol. The zero-order valence-corrected chi connectivity index (χ0v) is 9.21. The third-order valence-corrected chi connectivity index (χ3v) is 3.00. The maximum absolute atomic E-state index is 10.8. The van der Waals surface area contributed by atoms with Crippen molar-refractivity contribution in [2.24, 2.45) is 5.92 Å². The number of rotatable bonds is 4. The van der Waals surface area contributed by atoms with Gasteiger partial charge in [-0.2, -0.15) is 0 Å². The fourth-order valence-corrected chi connectivity index (χ4v) is 1.99. The molecule has 1 aliphatic carbocycles. The summed E-state index contributed by atoms with van der Waals surface area (Å²) >= 11 is 0. The van der Waals surface area contributed by atoms with E-state index >= 15 is 0 Å². The molecule has 0 amide bonds. The van der Waals surface area contributed by atoms with Crippen molar-refractivity contribution in [2.75, 3.05) is 13.2 Å². The predicted octanol–water partition coefficient (Wildman–Crippen LogP) is -2.37. The van der Waals surface area contributed by atoms with Gasteiger partial charge in [0.1, 0.15) is 11.9 Å². The van der Waals surface area contributed by atoms with E-state index in [1.54, 1.807) is 0 Å². The van der Waals surface area contributed by atoms with E-state index < -0.39 is 30.3 Å². The molecule has 0 saturated heterocycles. The number of nitrogens with one attached hydrogen (secondary N) is 1. The van der Waals surface area contributed by atoms with E-state index in [2.05, 4.69) is 5.32 Å². The maximum Gasteiger partial charge on any atom is 0.143 e. The monoisotopic (exact) mass is 233 g/mol. The Morgan fingerprint density at radius 1 is 1.25 bits per heavy atom. The van der Waals surface area contributed by atoms with E-state index in [-0.39, 0.29) is 18.9 Å². The van der Waals surface area contributed by atoms with Crippen LogP contribution in [-0.4, -0.2) is 63.7 Å². The number of hydrogen-bond donors (Lipinski definition) is 5. The van der Waals surface area contributed by atoms with Crippen LogP contribution in [0.25, 0.3) is 0 Å². The van der Waals surface area contributed by atoms with Crippen LogP contribution >= 0.6 is 0 Å². The standard InChI is InChI=1S/C10H19NO5/c1-5(13)3-11-7-2-6(4-12)8(14)10(16)9(7)15/h6-12,14-16H,2-4H2,1H3/t6-,7-,8+,9+,10+/m1/s1. The molecule has 94 valence electrons. The second-order valence-electron chi connectivity index (χ2n) is 4.34. The third-order valence-electron chi connectivity index (χ3n) is 3.00. The number of Topliss-reactive ketones (excluding diaryl/α,β-unsaturated/α-hetero) is 1. The molecule has 0 radical (unpaired) electrons. The average Bonchev–Trinajstić information content (AvgIpc) is 2.25. The molecule has 5 atom stereocenters. The van der Waals surface area contributed by atoms with Gasteiger partial charge in [-0.1, -0.05) is 0 Å². The SMILES string of the molecule is CC(=O)CN[C@@H]1C[C@H](CO)[C@H](O)[C@H](O)[C@H]1O. The van der Waals surface area contributed by atoms with Gasteiger partial charge in [0.25, 0.3) is 0 Å². The minimum absolute atomic E-state index is 0.0756. The molecule has 0 aromatic carbocycles. The summed E-state index contributed by atoms with van der Waals surface area (Å²) < 4.78 is 0. The van der Waals surface area contributed by atoms with Crippen molar-refractivity contribution in [3.63, 3.8) is 0 Å². The van der Waals surface area contributed by atoms with Crippen molar-refractivity contribution in [1.29, 1.82) is 0 Å². The summed E-state index contributed by atoms with van der Waals surface area (Å²) in [6.07, 6.45) is -3.23. The van der Waals surface area contributed by atoms with Crippen LogP contribution in [0.2, 0.25) is 0 Å². The lowest BCUT2D eigenvalue weighted by Crippen LogP contribution is -2.59. The number of carbonyl (C=O) groups is 1. The molecule has 0 aromatic rings. The molecule has 1 aliphatic rings. The second kappa shape index (κ2) is 5.70. The Morgan fingerprint density at radius 3 is 2.38 bits per heavy atom. The molecule has 6 heteroatoms. The minimum Gasteiger partial charge on any atom is -0.396 e. The fourth-order valence-electron chi connectivity index (χ4n) is 1.99. The maximum atomic E-state index is 10.8. The van der Waals surface area contributed by atoms with Gasteiger partial charge in [-0.15, -0.1) is 0 Å². The Balaban J connectivity index is 2.60. The molecule has 6 nitrogen and oxygen atoms in total. The molecule has 0 spiro atoms. The summed E-state index contributed by atoms with van der Waals surface area (Å²) in [5.41, 5.74) is 0. The Labute approximate surface area is 93.9 Å². The molecule has 0 aliphatic heterocycles. The Kier molecular flexibility index (Phi) is 4.82. The molecule has 16 heavy (non-hydrogen) atoms. The van der Waals surface area contributed by atoms with E-state index in [0.717, 1.165) is 0 Å². The summed E-state index contributed by atoms with van der Waals surface area (Å²) in [7, 11) is 0. The lowest BCUT2D eigenvalue weighted by atomic mass is 9.80. The van der Waals surface area contributed by atoms with E-state index in [1.807, 2.05) is 0 Å². The molecule has 1 saturated carbocycles. The predicted molar refractivity (Wildman–Crippen MR) is 55.7 cm³/mol. The third kappa shape index (κ3) is 2.99. The Morgan fingerprint density at radius 2 is 1.88 bits per heavy atom. The van der Waals surface area contributed by atoms with Crippen LogP contribution in [0.3, 0.4) is 0 Å². The van der Waals surface area contributed by atoms with E-state index in [9.17, 15) is 20.1 Å². The first-order valence-electron chi connectivity index (χ1n) is 5.35. The van der Waals surface area contributed by atoms with Crippen LogP contribution in [0.1, 0.15) is 13.3 Å².